The summed E-state index contributed by atoms with van der Waals surface area (Å²) in [6.45, 7) is 1.49. The summed E-state index contributed by atoms with van der Waals surface area (Å²) in [6, 6.07) is 3.36. The molecule has 2 N–H and O–H groups in total. The van der Waals surface area contributed by atoms with E-state index in [4.69, 9.17) is 4.74 Å². The van der Waals surface area contributed by atoms with Gasteiger partial charge < -0.3 is 10.1 Å². The number of imide groups is 1. The number of hydrogen-bond acceptors (Lipinski definition) is 5. The molecule has 0 radical (unpaired) electrons. The molecule has 0 bridgehead atoms. The SMILES string of the molecule is O=C(NC(=O)C1CCCCN1)c1ccc(C2CC2)c(OCC2CC2)n1. The number of rotatable bonds is 6. The molecule has 134 valence electrons. The quantitative estimate of drug-likeness (QED) is 0.774. The Bertz CT molecular complexity index is 662. The van der Waals surface area contributed by atoms with Gasteiger partial charge in [-0.1, -0.05) is 12.5 Å². The van der Waals surface area contributed by atoms with Gasteiger partial charge in [0.2, 0.25) is 11.8 Å². The summed E-state index contributed by atoms with van der Waals surface area (Å²) >= 11 is 0. The maximum Gasteiger partial charge on any atom is 0.276 e. The standard InChI is InChI=1S/C19H25N3O3/c23-17(15-3-1-2-10-20-15)22-18(24)16-9-8-14(13-6-7-13)19(21-16)25-11-12-4-5-12/h8-9,12-13,15,20H,1-7,10-11H2,(H,22,23,24). The van der Waals surface area contributed by atoms with Crippen molar-refractivity contribution in [3.05, 3.63) is 23.4 Å². The molecule has 1 unspecified atom stereocenters. The summed E-state index contributed by atoms with van der Waals surface area (Å²) in [7, 11) is 0. The lowest BCUT2D eigenvalue weighted by Crippen LogP contribution is -2.48. The van der Waals surface area contributed by atoms with Crippen LogP contribution in [-0.2, 0) is 4.79 Å². The Hall–Kier alpha value is -1.95. The highest BCUT2D eigenvalue weighted by molar-refractivity contribution is 6.05. The molecule has 25 heavy (non-hydrogen) atoms. The fraction of sp³-hybridized carbons (Fsp3) is 0.632. The minimum absolute atomic E-state index is 0.249. The van der Waals surface area contributed by atoms with Crippen LogP contribution in [0.4, 0.5) is 0 Å². The van der Waals surface area contributed by atoms with Crippen molar-refractivity contribution in [2.45, 2.75) is 56.9 Å². The molecular formula is C19H25N3O3. The number of pyridine rings is 1. The first-order valence-corrected chi connectivity index (χ1v) is 9.43. The van der Waals surface area contributed by atoms with Gasteiger partial charge in [-0.25, -0.2) is 4.98 Å². The molecule has 2 heterocycles. The van der Waals surface area contributed by atoms with Crippen molar-refractivity contribution in [2.75, 3.05) is 13.2 Å². The summed E-state index contributed by atoms with van der Waals surface area (Å²) in [5.41, 5.74) is 1.34. The zero-order valence-corrected chi connectivity index (χ0v) is 14.4. The van der Waals surface area contributed by atoms with Gasteiger partial charge in [-0.3, -0.25) is 14.9 Å². The smallest absolute Gasteiger partial charge is 0.276 e. The Kier molecular flexibility index (Phi) is 4.70. The highest BCUT2D eigenvalue weighted by Gasteiger charge is 2.30. The van der Waals surface area contributed by atoms with E-state index >= 15 is 0 Å². The second kappa shape index (κ2) is 7.12. The molecule has 0 spiro atoms. The van der Waals surface area contributed by atoms with Crippen LogP contribution in [0.3, 0.4) is 0 Å². The highest BCUT2D eigenvalue weighted by atomic mass is 16.5. The largest absolute Gasteiger partial charge is 0.477 e. The van der Waals surface area contributed by atoms with Crippen LogP contribution in [0.5, 0.6) is 5.88 Å². The van der Waals surface area contributed by atoms with Crippen molar-refractivity contribution >= 4 is 11.8 Å². The predicted molar refractivity (Wildman–Crippen MR) is 92.5 cm³/mol. The Balaban J connectivity index is 1.43. The van der Waals surface area contributed by atoms with Crippen LogP contribution >= 0.6 is 0 Å². The minimum atomic E-state index is -0.448. The molecule has 1 aromatic heterocycles. The summed E-state index contributed by atoms with van der Waals surface area (Å²) < 4.78 is 5.89. The number of amides is 2. The van der Waals surface area contributed by atoms with Gasteiger partial charge in [-0.05, 0) is 63.0 Å². The van der Waals surface area contributed by atoms with E-state index in [1.165, 1.54) is 12.8 Å². The third-order valence-electron chi connectivity index (χ3n) is 5.16. The molecule has 0 aromatic carbocycles. The number of carbonyl (C=O) groups excluding carboxylic acids is 2. The van der Waals surface area contributed by atoms with Crippen molar-refractivity contribution in [3.8, 4) is 5.88 Å². The van der Waals surface area contributed by atoms with Gasteiger partial charge in [0.25, 0.3) is 5.91 Å². The van der Waals surface area contributed by atoms with Crippen LogP contribution in [-0.4, -0.2) is 36.0 Å². The van der Waals surface area contributed by atoms with E-state index in [1.807, 2.05) is 6.07 Å². The summed E-state index contributed by atoms with van der Waals surface area (Å²) in [4.78, 5) is 29.1. The lowest BCUT2D eigenvalue weighted by Gasteiger charge is -2.22. The molecule has 1 atom stereocenters. The average molecular weight is 343 g/mol. The van der Waals surface area contributed by atoms with Gasteiger partial charge in [-0.15, -0.1) is 0 Å². The van der Waals surface area contributed by atoms with Crippen molar-refractivity contribution < 1.29 is 14.3 Å². The second-order valence-electron chi connectivity index (χ2n) is 7.44. The number of piperidine rings is 1. The maximum absolute atomic E-state index is 12.4. The van der Waals surface area contributed by atoms with Crippen LogP contribution in [0.25, 0.3) is 0 Å². The van der Waals surface area contributed by atoms with Crippen LogP contribution in [0.1, 0.15) is 66.9 Å². The maximum atomic E-state index is 12.4. The molecule has 3 aliphatic rings. The highest BCUT2D eigenvalue weighted by Crippen LogP contribution is 2.44. The van der Waals surface area contributed by atoms with Crippen LogP contribution in [0.2, 0.25) is 0 Å². The van der Waals surface area contributed by atoms with Gasteiger partial charge >= 0.3 is 0 Å². The number of carbonyl (C=O) groups is 2. The topological polar surface area (TPSA) is 80.3 Å². The van der Waals surface area contributed by atoms with Gasteiger partial charge in [0.05, 0.1) is 12.6 Å². The predicted octanol–water partition coefficient (Wildman–Crippen LogP) is 2.15. The zero-order chi connectivity index (χ0) is 17.2. The van der Waals surface area contributed by atoms with E-state index in [0.717, 1.165) is 44.2 Å². The van der Waals surface area contributed by atoms with Crippen molar-refractivity contribution in [2.24, 2.45) is 5.92 Å². The van der Waals surface area contributed by atoms with Crippen molar-refractivity contribution in [1.29, 1.82) is 0 Å². The molecule has 1 aromatic rings. The van der Waals surface area contributed by atoms with E-state index in [-0.39, 0.29) is 17.6 Å². The average Bonchev–Trinajstić information content (AvgIpc) is 3.54. The number of hydrogen-bond donors (Lipinski definition) is 2. The van der Waals surface area contributed by atoms with Crippen LogP contribution < -0.4 is 15.4 Å². The van der Waals surface area contributed by atoms with Gasteiger partial charge in [-0.2, -0.15) is 0 Å². The van der Waals surface area contributed by atoms with Gasteiger partial charge in [0.1, 0.15) is 5.69 Å². The summed E-state index contributed by atoms with van der Waals surface area (Å²) in [6.07, 6.45) is 7.57. The third-order valence-corrected chi connectivity index (χ3v) is 5.16. The van der Waals surface area contributed by atoms with E-state index in [2.05, 4.69) is 15.6 Å². The normalized spacial score (nSPS) is 23.1. The molecule has 2 aliphatic carbocycles. The number of nitrogens with one attached hydrogen (secondary N) is 2. The molecule has 2 saturated carbocycles. The van der Waals surface area contributed by atoms with E-state index in [0.29, 0.717) is 24.3 Å². The third kappa shape index (κ3) is 4.18. The van der Waals surface area contributed by atoms with Gasteiger partial charge in [0.15, 0.2) is 0 Å². The summed E-state index contributed by atoms with van der Waals surface area (Å²) in [5.74, 6) is 0.997. The Morgan fingerprint density at radius 3 is 2.68 bits per heavy atom. The second-order valence-corrected chi connectivity index (χ2v) is 7.44. The minimum Gasteiger partial charge on any atom is -0.477 e. The molecule has 6 nitrogen and oxygen atoms in total. The molecule has 6 heteroatoms. The first-order chi connectivity index (χ1) is 12.2. The summed E-state index contributed by atoms with van der Waals surface area (Å²) in [5, 5.41) is 5.63. The monoisotopic (exact) mass is 343 g/mol. The van der Waals surface area contributed by atoms with E-state index in [1.54, 1.807) is 6.07 Å². The van der Waals surface area contributed by atoms with Crippen LogP contribution in [0, 0.1) is 5.92 Å². The molecular weight excluding hydrogens is 318 g/mol. The van der Waals surface area contributed by atoms with E-state index in [9.17, 15) is 9.59 Å². The lowest BCUT2D eigenvalue weighted by atomic mass is 10.0. The fourth-order valence-corrected chi connectivity index (χ4v) is 3.22. The molecule has 4 rings (SSSR count). The van der Waals surface area contributed by atoms with Crippen molar-refractivity contribution in [3.63, 3.8) is 0 Å². The van der Waals surface area contributed by atoms with E-state index < -0.39 is 5.91 Å². The Morgan fingerprint density at radius 2 is 2.00 bits per heavy atom. The Morgan fingerprint density at radius 1 is 1.16 bits per heavy atom. The lowest BCUT2D eigenvalue weighted by molar-refractivity contribution is -0.122. The molecule has 1 saturated heterocycles. The number of ether oxygens (including phenoxy) is 1. The fourth-order valence-electron chi connectivity index (χ4n) is 3.22. The number of aromatic nitrogens is 1. The zero-order valence-electron chi connectivity index (χ0n) is 14.4. The number of nitrogens with zero attached hydrogens (tertiary/aromatic N) is 1. The molecule has 3 fully saturated rings. The van der Waals surface area contributed by atoms with Crippen LogP contribution in [0.15, 0.2) is 12.1 Å². The Labute approximate surface area is 147 Å². The van der Waals surface area contributed by atoms with Crippen molar-refractivity contribution in [1.82, 2.24) is 15.6 Å². The van der Waals surface area contributed by atoms with Gasteiger partial charge in [0, 0.05) is 5.56 Å². The first-order valence-electron chi connectivity index (χ1n) is 9.43. The molecule has 1 aliphatic heterocycles. The first kappa shape index (κ1) is 16.5. The molecule has 2 amide bonds.